The van der Waals surface area contributed by atoms with Gasteiger partial charge in [-0.25, -0.2) is 4.79 Å². The molecule has 36 heavy (non-hydrogen) atoms. The molecule has 3 aromatic carbocycles. The Kier molecular flexibility index (Phi) is 7.23. The van der Waals surface area contributed by atoms with Crippen LogP contribution in [0.15, 0.2) is 77.2 Å². The number of aryl methyl sites for hydroxylation is 1. The van der Waals surface area contributed by atoms with Crippen molar-refractivity contribution >= 4 is 22.7 Å². The first-order valence-corrected chi connectivity index (χ1v) is 12.7. The van der Waals surface area contributed by atoms with Crippen LogP contribution < -0.4 is 10.1 Å². The summed E-state index contributed by atoms with van der Waals surface area (Å²) >= 11 is 0. The smallest absolute Gasteiger partial charge is 0.321 e. The normalized spacial score (nSPS) is 14.6. The van der Waals surface area contributed by atoms with Gasteiger partial charge in [0, 0.05) is 42.8 Å². The second-order valence-electron chi connectivity index (χ2n) is 9.26. The van der Waals surface area contributed by atoms with Gasteiger partial charge in [0.05, 0.1) is 13.7 Å². The Labute approximate surface area is 212 Å². The van der Waals surface area contributed by atoms with Crippen LogP contribution in [0.3, 0.4) is 0 Å². The third-order valence-electron chi connectivity index (χ3n) is 6.85. The fourth-order valence-electron chi connectivity index (χ4n) is 4.81. The molecule has 0 aliphatic carbocycles. The van der Waals surface area contributed by atoms with Crippen molar-refractivity contribution in [3.63, 3.8) is 0 Å². The SMILES string of the molecule is CCc1ccc(NC(=O)N2CCCN(Cc3cc4cc(-c5ccccc5OC)ccc4o3)CC2)cc1. The van der Waals surface area contributed by atoms with Gasteiger partial charge in [-0.2, -0.15) is 0 Å². The number of fused-ring (bicyclic) bond motifs is 1. The van der Waals surface area contributed by atoms with Crippen molar-refractivity contribution in [3.8, 4) is 16.9 Å². The van der Waals surface area contributed by atoms with Crippen LogP contribution >= 0.6 is 0 Å². The first kappa shape index (κ1) is 23.9. The van der Waals surface area contributed by atoms with E-state index in [0.29, 0.717) is 6.54 Å². The summed E-state index contributed by atoms with van der Waals surface area (Å²) in [7, 11) is 1.70. The van der Waals surface area contributed by atoms with Gasteiger partial charge < -0.3 is 19.4 Å². The van der Waals surface area contributed by atoms with Gasteiger partial charge in [0.15, 0.2) is 0 Å². The molecule has 1 saturated heterocycles. The maximum absolute atomic E-state index is 12.8. The van der Waals surface area contributed by atoms with E-state index in [9.17, 15) is 4.79 Å². The van der Waals surface area contributed by atoms with Crippen LogP contribution in [-0.2, 0) is 13.0 Å². The molecule has 6 nitrogen and oxygen atoms in total. The molecule has 1 aliphatic heterocycles. The molecule has 1 aromatic heterocycles. The van der Waals surface area contributed by atoms with Crippen molar-refractivity contribution < 1.29 is 13.9 Å². The Hall–Kier alpha value is -3.77. The number of amides is 2. The molecule has 1 fully saturated rings. The summed E-state index contributed by atoms with van der Waals surface area (Å²) in [6, 6.07) is 24.5. The summed E-state index contributed by atoms with van der Waals surface area (Å²) in [6.45, 7) is 6.03. The highest BCUT2D eigenvalue weighted by Gasteiger charge is 2.20. The lowest BCUT2D eigenvalue weighted by Crippen LogP contribution is -2.38. The van der Waals surface area contributed by atoms with Gasteiger partial charge in [0.2, 0.25) is 0 Å². The second-order valence-corrected chi connectivity index (χ2v) is 9.26. The Bertz CT molecular complexity index is 1330. The number of nitrogens with one attached hydrogen (secondary N) is 1. The molecule has 0 spiro atoms. The molecule has 0 radical (unpaired) electrons. The molecule has 5 rings (SSSR count). The molecule has 2 amide bonds. The van der Waals surface area contributed by atoms with Gasteiger partial charge >= 0.3 is 6.03 Å². The predicted molar refractivity (Wildman–Crippen MR) is 145 cm³/mol. The van der Waals surface area contributed by atoms with Crippen LogP contribution in [0.4, 0.5) is 10.5 Å². The molecular formula is C30H33N3O3. The van der Waals surface area contributed by atoms with E-state index in [-0.39, 0.29) is 6.03 Å². The fourth-order valence-corrected chi connectivity index (χ4v) is 4.81. The molecule has 186 valence electrons. The summed E-state index contributed by atoms with van der Waals surface area (Å²) in [5, 5.41) is 4.12. The van der Waals surface area contributed by atoms with Crippen molar-refractivity contribution in [1.29, 1.82) is 0 Å². The number of hydrogen-bond acceptors (Lipinski definition) is 4. The number of urea groups is 1. The molecule has 2 heterocycles. The number of furan rings is 1. The summed E-state index contributed by atoms with van der Waals surface area (Å²) in [4.78, 5) is 17.1. The van der Waals surface area contributed by atoms with Crippen LogP contribution in [0.5, 0.6) is 5.75 Å². The number of carbonyl (C=O) groups excluding carboxylic acids is 1. The third-order valence-corrected chi connectivity index (χ3v) is 6.85. The molecule has 1 aliphatic rings. The number of hydrogen-bond donors (Lipinski definition) is 1. The minimum atomic E-state index is -0.0336. The van der Waals surface area contributed by atoms with Gasteiger partial charge in [0.1, 0.15) is 17.1 Å². The molecule has 6 heteroatoms. The molecule has 0 bridgehead atoms. The minimum absolute atomic E-state index is 0.0336. The summed E-state index contributed by atoms with van der Waals surface area (Å²) in [5.41, 5.74) is 5.16. The van der Waals surface area contributed by atoms with Gasteiger partial charge in [-0.15, -0.1) is 0 Å². The number of para-hydroxylation sites is 1. The Morgan fingerprint density at radius 2 is 1.81 bits per heavy atom. The standard InChI is InChI=1S/C30H33N3O3/c1-3-22-9-12-25(13-10-22)31-30(34)33-16-6-15-32(17-18-33)21-26-20-24-19-23(11-14-28(24)36-26)27-7-4-5-8-29(27)35-2/h4-5,7-14,19-20H,3,6,15-18,21H2,1-2H3,(H,31,34). The quantitative estimate of drug-likeness (QED) is 0.344. The highest BCUT2D eigenvalue weighted by Crippen LogP contribution is 2.32. The molecule has 1 N–H and O–H groups in total. The Balaban J connectivity index is 1.21. The molecule has 0 saturated carbocycles. The van der Waals surface area contributed by atoms with Crippen LogP contribution in [0.1, 0.15) is 24.7 Å². The van der Waals surface area contributed by atoms with Crippen LogP contribution in [0, 0.1) is 0 Å². The zero-order chi connectivity index (χ0) is 24.9. The van der Waals surface area contributed by atoms with Crippen molar-refractivity contribution in [3.05, 3.63) is 84.1 Å². The second kappa shape index (κ2) is 10.9. The first-order chi connectivity index (χ1) is 17.6. The minimum Gasteiger partial charge on any atom is -0.496 e. The van der Waals surface area contributed by atoms with Crippen LogP contribution in [-0.4, -0.2) is 49.1 Å². The predicted octanol–water partition coefficient (Wildman–Crippen LogP) is 6.41. The average molecular weight is 484 g/mol. The number of benzene rings is 3. The van der Waals surface area contributed by atoms with E-state index in [0.717, 1.165) is 78.3 Å². The largest absolute Gasteiger partial charge is 0.496 e. The van der Waals surface area contributed by atoms with Crippen molar-refractivity contribution in [2.45, 2.75) is 26.3 Å². The van der Waals surface area contributed by atoms with E-state index in [1.807, 2.05) is 41.3 Å². The van der Waals surface area contributed by atoms with Crippen LogP contribution in [0.25, 0.3) is 22.1 Å². The highest BCUT2D eigenvalue weighted by molar-refractivity contribution is 5.89. The van der Waals surface area contributed by atoms with Crippen molar-refractivity contribution in [1.82, 2.24) is 9.80 Å². The number of methoxy groups -OCH3 is 1. The van der Waals surface area contributed by atoms with Gasteiger partial charge in [-0.3, -0.25) is 4.90 Å². The maximum atomic E-state index is 12.8. The number of ether oxygens (including phenoxy) is 1. The lowest BCUT2D eigenvalue weighted by Gasteiger charge is -2.22. The molecule has 0 unspecified atom stereocenters. The fraction of sp³-hybridized carbons (Fsp3) is 0.300. The summed E-state index contributed by atoms with van der Waals surface area (Å²) < 4.78 is 11.7. The molecular weight excluding hydrogens is 450 g/mol. The first-order valence-electron chi connectivity index (χ1n) is 12.7. The van der Waals surface area contributed by atoms with E-state index in [1.54, 1.807) is 7.11 Å². The Morgan fingerprint density at radius 3 is 2.61 bits per heavy atom. The highest BCUT2D eigenvalue weighted by atomic mass is 16.5. The van der Waals surface area contributed by atoms with Gasteiger partial charge in [-0.05, 0) is 60.4 Å². The lowest BCUT2D eigenvalue weighted by molar-refractivity contribution is 0.209. The van der Waals surface area contributed by atoms with Crippen molar-refractivity contribution in [2.75, 3.05) is 38.6 Å². The van der Waals surface area contributed by atoms with E-state index in [1.165, 1.54) is 5.56 Å². The lowest BCUT2D eigenvalue weighted by atomic mass is 10.0. The maximum Gasteiger partial charge on any atom is 0.321 e. The monoisotopic (exact) mass is 483 g/mol. The zero-order valence-electron chi connectivity index (χ0n) is 21.0. The molecule has 4 aromatic rings. The van der Waals surface area contributed by atoms with E-state index in [2.05, 4.69) is 53.5 Å². The van der Waals surface area contributed by atoms with Gasteiger partial charge in [-0.1, -0.05) is 43.3 Å². The van der Waals surface area contributed by atoms with Crippen molar-refractivity contribution in [2.24, 2.45) is 0 Å². The van der Waals surface area contributed by atoms with E-state index in [4.69, 9.17) is 9.15 Å². The van der Waals surface area contributed by atoms with Crippen LogP contribution in [0.2, 0.25) is 0 Å². The average Bonchev–Trinajstić information content (AvgIpc) is 3.16. The number of rotatable bonds is 6. The summed E-state index contributed by atoms with van der Waals surface area (Å²) in [5.74, 6) is 1.80. The van der Waals surface area contributed by atoms with Gasteiger partial charge in [0.25, 0.3) is 0 Å². The van der Waals surface area contributed by atoms with E-state index < -0.39 is 0 Å². The van der Waals surface area contributed by atoms with E-state index >= 15 is 0 Å². The number of anilines is 1. The number of nitrogens with zero attached hydrogens (tertiary/aromatic N) is 2. The Morgan fingerprint density at radius 1 is 0.972 bits per heavy atom. The third kappa shape index (κ3) is 5.39. The summed E-state index contributed by atoms with van der Waals surface area (Å²) in [6.07, 6.45) is 1.92. The zero-order valence-corrected chi connectivity index (χ0v) is 21.0. The molecule has 0 atom stereocenters. The topological polar surface area (TPSA) is 58.0 Å². The number of carbonyl (C=O) groups is 1.